The summed E-state index contributed by atoms with van der Waals surface area (Å²) in [4.78, 5) is 34.1. The molecule has 4 rings (SSSR count). The number of anilines is 2. The van der Waals surface area contributed by atoms with Crippen LogP contribution in [0.3, 0.4) is 0 Å². The number of carbonyl (C=O) groups excluding carboxylic acids is 2. The van der Waals surface area contributed by atoms with E-state index in [1.54, 1.807) is 6.20 Å². The highest BCUT2D eigenvalue weighted by atomic mass is 19.4. The highest BCUT2D eigenvalue weighted by molar-refractivity contribution is 5.92. The van der Waals surface area contributed by atoms with E-state index in [2.05, 4.69) is 25.7 Å². The molecule has 220 valence electrons. The summed E-state index contributed by atoms with van der Waals surface area (Å²) in [5.41, 5.74) is 6.67. The maximum absolute atomic E-state index is 13.8. The van der Waals surface area contributed by atoms with E-state index in [1.165, 1.54) is 10.6 Å². The van der Waals surface area contributed by atoms with Gasteiger partial charge in [0.05, 0.1) is 24.3 Å². The van der Waals surface area contributed by atoms with Crippen molar-refractivity contribution in [1.82, 2.24) is 30.2 Å². The number of nitrogen functional groups attached to an aromatic ring is 1. The molecule has 0 aliphatic carbocycles. The summed E-state index contributed by atoms with van der Waals surface area (Å²) in [7, 11) is 0. The molecular formula is C27H33F3N8O3. The molecule has 3 aromatic rings. The molecule has 1 aliphatic rings. The van der Waals surface area contributed by atoms with Crippen LogP contribution in [0.15, 0.2) is 36.2 Å². The average molecular weight is 575 g/mol. The van der Waals surface area contributed by atoms with Gasteiger partial charge in [0.2, 0.25) is 5.91 Å². The Morgan fingerprint density at radius 1 is 1.15 bits per heavy atom. The predicted octanol–water partition coefficient (Wildman–Crippen LogP) is 2.75. The van der Waals surface area contributed by atoms with Crippen molar-refractivity contribution in [1.29, 1.82) is 0 Å². The summed E-state index contributed by atoms with van der Waals surface area (Å²) in [6.07, 6.45) is -0.100. The maximum atomic E-state index is 13.8. The molecule has 1 fully saturated rings. The quantitative estimate of drug-likeness (QED) is 0.233. The van der Waals surface area contributed by atoms with Gasteiger partial charge in [-0.3, -0.25) is 9.59 Å². The van der Waals surface area contributed by atoms with Crippen LogP contribution in [-0.2, 0) is 27.0 Å². The minimum absolute atomic E-state index is 0.0796. The van der Waals surface area contributed by atoms with Crippen molar-refractivity contribution >= 4 is 28.8 Å². The smallest absolute Gasteiger partial charge is 0.384 e. The molecule has 0 spiro atoms. The zero-order valence-corrected chi connectivity index (χ0v) is 22.9. The molecule has 14 heteroatoms. The van der Waals surface area contributed by atoms with Crippen molar-refractivity contribution in [2.75, 3.05) is 50.0 Å². The van der Waals surface area contributed by atoms with E-state index < -0.39 is 11.7 Å². The molecule has 0 unspecified atom stereocenters. The number of halogens is 3. The molecule has 4 heterocycles. The van der Waals surface area contributed by atoms with Crippen LogP contribution in [0.25, 0.3) is 16.9 Å². The van der Waals surface area contributed by atoms with Crippen molar-refractivity contribution < 1.29 is 27.5 Å². The highest BCUT2D eigenvalue weighted by Gasteiger charge is 2.35. The molecule has 1 aliphatic heterocycles. The number of ketones is 1. The van der Waals surface area contributed by atoms with Gasteiger partial charge in [0.1, 0.15) is 11.3 Å². The Kier molecular flexibility index (Phi) is 9.55. The number of alkyl halides is 3. The first kappa shape index (κ1) is 29.9. The van der Waals surface area contributed by atoms with Gasteiger partial charge in [-0.05, 0) is 37.6 Å². The number of ether oxygens (including phenoxy) is 1. The summed E-state index contributed by atoms with van der Waals surface area (Å²) in [6.45, 7) is 6.90. The number of hydrogen-bond acceptors (Lipinski definition) is 9. The number of allylic oxidation sites excluding steroid dienone is 2. The van der Waals surface area contributed by atoms with Gasteiger partial charge in [0, 0.05) is 58.0 Å². The lowest BCUT2D eigenvalue weighted by Crippen LogP contribution is -2.37. The van der Waals surface area contributed by atoms with Crippen molar-refractivity contribution in [2.45, 2.75) is 39.4 Å². The zero-order valence-electron chi connectivity index (χ0n) is 22.9. The number of hydrogen-bond donors (Lipinski definition) is 3. The standard InChI is InChI=1S/C27H33F3N8O3/c1-17(2)11-19(39)3-4-24(40)33-6-5-32-14-18-12-22-26(37-7-9-41-10-8-37)35-25(36-38(22)16-18)20-15-34-23(31)13-21(20)27(28,29)30/h11-13,15-16,32H,3-10,14H2,1-2H3,(H2,31,34)(H,33,40). The molecule has 0 saturated carbocycles. The Labute approximate surface area is 235 Å². The van der Waals surface area contributed by atoms with Gasteiger partial charge in [-0.15, -0.1) is 5.10 Å². The van der Waals surface area contributed by atoms with E-state index in [0.29, 0.717) is 57.3 Å². The van der Waals surface area contributed by atoms with Crippen LogP contribution in [0.1, 0.15) is 37.8 Å². The Bertz CT molecular complexity index is 1430. The van der Waals surface area contributed by atoms with Gasteiger partial charge < -0.3 is 26.0 Å². The lowest BCUT2D eigenvalue weighted by atomic mass is 10.1. The second-order valence-electron chi connectivity index (χ2n) is 9.90. The third-order valence-electron chi connectivity index (χ3n) is 6.28. The highest BCUT2D eigenvalue weighted by Crippen LogP contribution is 2.37. The number of rotatable bonds is 11. The summed E-state index contributed by atoms with van der Waals surface area (Å²) in [5.74, 6) is -0.170. The fraction of sp³-hybridized carbons (Fsp3) is 0.444. The molecule has 4 N–H and O–H groups in total. The van der Waals surface area contributed by atoms with E-state index in [0.717, 1.165) is 23.4 Å². The number of fused-ring (bicyclic) bond motifs is 1. The van der Waals surface area contributed by atoms with Crippen LogP contribution in [0.2, 0.25) is 0 Å². The molecule has 0 aromatic carbocycles. The predicted molar refractivity (Wildman–Crippen MR) is 147 cm³/mol. The number of morpholine rings is 1. The van der Waals surface area contributed by atoms with Gasteiger partial charge in [-0.2, -0.15) is 13.2 Å². The van der Waals surface area contributed by atoms with Crippen LogP contribution in [-0.4, -0.2) is 70.7 Å². The van der Waals surface area contributed by atoms with E-state index >= 15 is 0 Å². The molecule has 0 bridgehead atoms. The van der Waals surface area contributed by atoms with E-state index in [4.69, 9.17) is 10.5 Å². The maximum Gasteiger partial charge on any atom is 0.417 e. The fourth-order valence-corrected chi connectivity index (χ4v) is 4.38. The summed E-state index contributed by atoms with van der Waals surface area (Å²) in [5, 5.41) is 10.4. The Balaban J connectivity index is 1.48. The summed E-state index contributed by atoms with van der Waals surface area (Å²) in [6, 6.07) is 2.66. The van der Waals surface area contributed by atoms with E-state index in [9.17, 15) is 22.8 Å². The largest absolute Gasteiger partial charge is 0.417 e. The number of amides is 1. The third-order valence-corrected chi connectivity index (χ3v) is 6.28. The second kappa shape index (κ2) is 13.1. The summed E-state index contributed by atoms with van der Waals surface area (Å²) < 4.78 is 48.5. The average Bonchev–Trinajstić information content (AvgIpc) is 3.33. The van der Waals surface area contributed by atoms with E-state index in [1.807, 2.05) is 24.8 Å². The first-order chi connectivity index (χ1) is 19.5. The number of nitrogens with zero attached hydrogens (tertiary/aromatic N) is 5. The van der Waals surface area contributed by atoms with Crippen LogP contribution >= 0.6 is 0 Å². The monoisotopic (exact) mass is 574 g/mol. The molecule has 41 heavy (non-hydrogen) atoms. The van der Waals surface area contributed by atoms with Gasteiger partial charge in [0.15, 0.2) is 17.4 Å². The molecular weight excluding hydrogens is 541 g/mol. The number of carbonyl (C=O) groups is 2. The molecule has 1 amide bonds. The molecule has 0 radical (unpaired) electrons. The lowest BCUT2D eigenvalue weighted by Gasteiger charge is -2.28. The van der Waals surface area contributed by atoms with Crippen LogP contribution in [0.5, 0.6) is 0 Å². The van der Waals surface area contributed by atoms with Crippen LogP contribution in [0.4, 0.5) is 24.8 Å². The molecule has 11 nitrogen and oxygen atoms in total. The molecule has 0 atom stereocenters. The number of nitrogens with two attached hydrogens (primary N) is 1. The Morgan fingerprint density at radius 3 is 2.61 bits per heavy atom. The minimum Gasteiger partial charge on any atom is -0.384 e. The minimum atomic E-state index is -4.67. The fourth-order valence-electron chi connectivity index (χ4n) is 4.38. The number of aromatic nitrogens is 4. The first-order valence-electron chi connectivity index (χ1n) is 13.2. The summed E-state index contributed by atoms with van der Waals surface area (Å²) >= 11 is 0. The van der Waals surface area contributed by atoms with Gasteiger partial charge in [-0.25, -0.2) is 14.5 Å². The Hall–Kier alpha value is -4.04. The van der Waals surface area contributed by atoms with Crippen LogP contribution < -0.4 is 21.3 Å². The number of pyridine rings is 1. The Morgan fingerprint density at radius 2 is 1.90 bits per heavy atom. The van der Waals surface area contributed by atoms with Gasteiger partial charge >= 0.3 is 6.18 Å². The SMILES string of the molecule is CC(C)=CC(=O)CCC(=O)NCCNCc1cc2c(N3CCOCC3)nc(-c3cnc(N)cc3C(F)(F)F)nn2c1. The zero-order chi connectivity index (χ0) is 29.6. The molecule has 1 saturated heterocycles. The lowest BCUT2D eigenvalue weighted by molar-refractivity contribution is -0.137. The molecule has 3 aromatic heterocycles. The number of nitrogens with one attached hydrogen (secondary N) is 2. The third kappa shape index (κ3) is 8.01. The van der Waals surface area contributed by atoms with Crippen molar-refractivity contribution in [3.63, 3.8) is 0 Å². The van der Waals surface area contributed by atoms with Crippen LogP contribution in [0, 0.1) is 0 Å². The van der Waals surface area contributed by atoms with E-state index in [-0.39, 0.29) is 41.7 Å². The second-order valence-corrected chi connectivity index (χ2v) is 9.90. The van der Waals surface area contributed by atoms with Crippen molar-refractivity contribution in [3.8, 4) is 11.4 Å². The van der Waals surface area contributed by atoms with Crippen molar-refractivity contribution in [3.05, 3.63) is 47.3 Å². The normalized spacial score (nSPS) is 13.8. The van der Waals surface area contributed by atoms with Crippen molar-refractivity contribution in [2.24, 2.45) is 0 Å². The topological polar surface area (TPSA) is 140 Å². The van der Waals surface area contributed by atoms with Gasteiger partial charge in [0.25, 0.3) is 0 Å². The first-order valence-corrected chi connectivity index (χ1v) is 13.2. The van der Waals surface area contributed by atoms with Gasteiger partial charge in [-0.1, -0.05) is 5.57 Å².